The van der Waals surface area contributed by atoms with E-state index in [2.05, 4.69) is 36.6 Å². The summed E-state index contributed by atoms with van der Waals surface area (Å²) >= 11 is 0. The molecule has 0 radical (unpaired) electrons. The molecule has 0 saturated carbocycles. The van der Waals surface area contributed by atoms with E-state index in [0.717, 1.165) is 22.2 Å². The number of pyridine rings is 1. The van der Waals surface area contributed by atoms with Crippen molar-refractivity contribution in [3.63, 3.8) is 0 Å². The maximum atomic E-state index is 13.0. The topological polar surface area (TPSA) is 117 Å². The molecule has 0 bridgehead atoms. The number of hydrogen-bond donors (Lipinski definition) is 1. The molecule has 0 aliphatic rings. The van der Waals surface area contributed by atoms with Crippen molar-refractivity contribution >= 4 is 46.6 Å². The Morgan fingerprint density at radius 3 is 2.57 bits per heavy atom. The SMILES string of the molecule is CCOP(=O)(OCC)c1ccc(Nc2cnc3nnn(Cc4ccc5ncccc5c4)c3n2)cc1. The minimum absolute atomic E-state index is 0.296. The third-order valence-corrected chi connectivity index (χ3v) is 7.41. The van der Waals surface area contributed by atoms with Crippen molar-refractivity contribution in [2.45, 2.75) is 20.4 Å². The first kappa shape index (κ1) is 23.0. The molecule has 3 aromatic heterocycles. The average molecular weight is 489 g/mol. The first-order valence-corrected chi connectivity index (χ1v) is 12.8. The maximum absolute atomic E-state index is 13.0. The highest BCUT2D eigenvalue weighted by Gasteiger charge is 2.26. The van der Waals surface area contributed by atoms with Crippen LogP contribution >= 0.6 is 7.60 Å². The van der Waals surface area contributed by atoms with Gasteiger partial charge in [0.1, 0.15) is 0 Å². The third kappa shape index (κ3) is 4.90. The fourth-order valence-electron chi connectivity index (χ4n) is 3.72. The molecule has 1 N–H and O–H groups in total. The normalized spacial score (nSPS) is 11.8. The Morgan fingerprint density at radius 2 is 1.80 bits per heavy atom. The van der Waals surface area contributed by atoms with E-state index in [-0.39, 0.29) is 0 Å². The fraction of sp³-hybridized carbons (Fsp3) is 0.208. The summed E-state index contributed by atoms with van der Waals surface area (Å²) in [4.78, 5) is 13.4. The minimum atomic E-state index is -3.33. The molecule has 0 fully saturated rings. The Balaban J connectivity index is 1.37. The number of nitrogens with one attached hydrogen (secondary N) is 1. The number of benzene rings is 2. The van der Waals surface area contributed by atoms with Gasteiger partial charge in [-0.15, -0.1) is 5.10 Å². The Kier molecular flexibility index (Phi) is 6.50. The number of rotatable bonds is 9. The smallest absolute Gasteiger partial charge is 0.339 e. The summed E-state index contributed by atoms with van der Waals surface area (Å²) in [5.41, 5.74) is 3.78. The zero-order chi connectivity index (χ0) is 24.3. The molecule has 2 aromatic carbocycles. The summed E-state index contributed by atoms with van der Waals surface area (Å²) in [5.74, 6) is 0.536. The van der Waals surface area contributed by atoms with Gasteiger partial charge < -0.3 is 14.4 Å². The van der Waals surface area contributed by atoms with Gasteiger partial charge in [0.2, 0.25) is 5.65 Å². The Labute approximate surface area is 201 Å². The second-order valence-electron chi connectivity index (χ2n) is 7.68. The summed E-state index contributed by atoms with van der Waals surface area (Å²) in [7, 11) is -3.33. The van der Waals surface area contributed by atoms with E-state index in [1.807, 2.05) is 24.3 Å². The van der Waals surface area contributed by atoms with E-state index < -0.39 is 7.60 Å². The quantitative estimate of drug-likeness (QED) is 0.300. The van der Waals surface area contributed by atoms with Gasteiger partial charge in [0, 0.05) is 17.3 Å². The molecule has 0 saturated heterocycles. The van der Waals surface area contributed by atoms with Crippen LogP contribution in [0.2, 0.25) is 0 Å². The highest BCUT2D eigenvalue weighted by Crippen LogP contribution is 2.46. The van der Waals surface area contributed by atoms with Crippen LogP contribution in [-0.4, -0.2) is 43.2 Å². The highest BCUT2D eigenvalue weighted by molar-refractivity contribution is 7.62. The van der Waals surface area contributed by atoms with Crippen molar-refractivity contribution in [3.8, 4) is 0 Å². The van der Waals surface area contributed by atoms with Crippen LogP contribution in [0.3, 0.4) is 0 Å². The molecule has 5 rings (SSSR count). The van der Waals surface area contributed by atoms with Crippen LogP contribution in [0.5, 0.6) is 0 Å². The molecule has 178 valence electrons. The van der Waals surface area contributed by atoms with Gasteiger partial charge in [-0.25, -0.2) is 14.6 Å². The number of fused-ring (bicyclic) bond motifs is 2. The van der Waals surface area contributed by atoms with Gasteiger partial charge in [0.05, 0.1) is 36.8 Å². The summed E-state index contributed by atoms with van der Waals surface area (Å²) in [5, 5.41) is 13.2. The molecule has 35 heavy (non-hydrogen) atoms. The zero-order valence-electron chi connectivity index (χ0n) is 19.3. The lowest BCUT2D eigenvalue weighted by Gasteiger charge is -2.17. The number of aromatic nitrogens is 6. The van der Waals surface area contributed by atoms with Gasteiger partial charge >= 0.3 is 7.60 Å². The molecular weight excluding hydrogens is 465 g/mol. The van der Waals surface area contributed by atoms with Crippen LogP contribution in [-0.2, 0) is 20.2 Å². The zero-order valence-corrected chi connectivity index (χ0v) is 20.2. The van der Waals surface area contributed by atoms with Gasteiger partial charge in [0.25, 0.3) is 0 Å². The molecular formula is C24H24N7O3P. The summed E-state index contributed by atoms with van der Waals surface area (Å²) < 4.78 is 25.5. The van der Waals surface area contributed by atoms with Crippen molar-refractivity contribution in [2.75, 3.05) is 18.5 Å². The number of anilines is 2. The van der Waals surface area contributed by atoms with Crippen LogP contribution < -0.4 is 10.6 Å². The maximum Gasteiger partial charge on any atom is 0.361 e. The standard InChI is InChI=1S/C24H24N7O3P/c1-3-33-35(32,34-4-2)20-10-8-19(9-11-20)27-22-15-26-23-24(28-22)31(30-29-23)16-17-7-12-21-18(14-17)6-5-13-25-21/h5-15H,3-4,16H2,1-2H3,(H,27,28). The second kappa shape index (κ2) is 9.87. The highest BCUT2D eigenvalue weighted by atomic mass is 31.2. The number of hydrogen-bond acceptors (Lipinski definition) is 9. The lowest BCUT2D eigenvalue weighted by Crippen LogP contribution is -2.10. The van der Waals surface area contributed by atoms with E-state index in [1.165, 1.54) is 0 Å². The molecule has 10 nitrogen and oxygen atoms in total. The lowest BCUT2D eigenvalue weighted by molar-refractivity contribution is 0.230. The van der Waals surface area contributed by atoms with Crippen molar-refractivity contribution in [2.24, 2.45) is 0 Å². The third-order valence-electron chi connectivity index (χ3n) is 5.28. The molecule has 0 amide bonds. The van der Waals surface area contributed by atoms with Crippen LogP contribution in [0.1, 0.15) is 19.4 Å². The molecule has 0 aliphatic carbocycles. The van der Waals surface area contributed by atoms with Gasteiger partial charge in [-0.3, -0.25) is 9.55 Å². The molecule has 0 unspecified atom stereocenters. The summed E-state index contributed by atoms with van der Waals surface area (Å²) in [6, 6.07) is 17.1. The van der Waals surface area contributed by atoms with Gasteiger partial charge in [-0.1, -0.05) is 17.3 Å². The van der Waals surface area contributed by atoms with Crippen molar-refractivity contribution in [1.82, 2.24) is 29.9 Å². The average Bonchev–Trinajstić information content (AvgIpc) is 3.26. The molecule has 0 spiro atoms. The largest absolute Gasteiger partial charge is 0.361 e. The Bertz CT molecular complexity index is 1510. The predicted octanol–water partition coefficient (Wildman–Crippen LogP) is 4.45. The van der Waals surface area contributed by atoms with E-state index in [4.69, 9.17) is 9.05 Å². The van der Waals surface area contributed by atoms with E-state index in [9.17, 15) is 4.57 Å². The van der Waals surface area contributed by atoms with Gasteiger partial charge in [-0.2, -0.15) is 0 Å². The van der Waals surface area contributed by atoms with Crippen LogP contribution in [0, 0.1) is 0 Å². The minimum Gasteiger partial charge on any atom is -0.339 e. The van der Waals surface area contributed by atoms with Crippen LogP contribution in [0.15, 0.2) is 67.0 Å². The molecule has 11 heteroatoms. The van der Waals surface area contributed by atoms with Gasteiger partial charge in [0.15, 0.2) is 11.5 Å². The second-order valence-corrected chi connectivity index (χ2v) is 9.71. The van der Waals surface area contributed by atoms with E-state index in [1.54, 1.807) is 55.2 Å². The van der Waals surface area contributed by atoms with Crippen molar-refractivity contribution in [1.29, 1.82) is 0 Å². The first-order valence-electron chi connectivity index (χ1n) is 11.2. The van der Waals surface area contributed by atoms with Crippen molar-refractivity contribution < 1.29 is 13.6 Å². The Hall–Kier alpha value is -3.72. The van der Waals surface area contributed by atoms with Gasteiger partial charge in [-0.05, 0) is 61.9 Å². The van der Waals surface area contributed by atoms with Crippen LogP contribution in [0.25, 0.3) is 22.2 Å². The van der Waals surface area contributed by atoms with E-state index >= 15 is 0 Å². The van der Waals surface area contributed by atoms with E-state index in [0.29, 0.717) is 42.2 Å². The first-order chi connectivity index (χ1) is 17.1. The summed E-state index contributed by atoms with van der Waals surface area (Å²) in [6.45, 7) is 4.66. The summed E-state index contributed by atoms with van der Waals surface area (Å²) in [6.07, 6.45) is 3.38. The predicted molar refractivity (Wildman–Crippen MR) is 134 cm³/mol. The number of nitrogens with zero attached hydrogens (tertiary/aromatic N) is 6. The lowest BCUT2D eigenvalue weighted by atomic mass is 10.1. The molecule has 0 aliphatic heterocycles. The Morgan fingerprint density at radius 1 is 1.00 bits per heavy atom. The van der Waals surface area contributed by atoms with Crippen LogP contribution in [0.4, 0.5) is 11.5 Å². The molecule has 3 heterocycles. The van der Waals surface area contributed by atoms with Crippen molar-refractivity contribution in [3.05, 3.63) is 72.6 Å². The fourth-order valence-corrected chi connectivity index (χ4v) is 5.29. The molecule has 5 aromatic rings. The molecule has 0 atom stereocenters. The monoisotopic (exact) mass is 489 g/mol.